The molecule has 0 bridgehead atoms. The molecule has 0 radical (unpaired) electrons. The summed E-state index contributed by atoms with van der Waals surface area (Å²) in [6.07, 6.45) is 5.38. The van der Waals surface area contributed by atoms with E-state index in [1.807, 2.05) is 36.4 Å². The predicted molar refractivity (Wildman–Crippen MR) is 125 cm³/mol. The molecule has 2 aliphatic heterocycles. The van der Waals surface area contributed by atoms with Crippen molar-refractivity contribution in [3.63, 3.8) is 0 Å². The molecule has 2 N–H and O–H groups in total. The van der Waals surface area contributed by atoms with Gasteiger partial charge in [-0.25, -0.2) is 4.98 Å². The van der Waals surface area contributed by atoms with Crippen molar-refractivity contribution >= 4 is 10.9 Å². The van der Waals surface area contributed by atoms with Gasteiger partial charge in [0.05, 0.1) is 29.6 Å². The molecule has 0 aliphatic carbocycles. The van der Waals surface area contributed by atoms with Crippen molar-refractivity contribution in [3.05, 3.63) is 107 Å². The van der Waals surface area contributed by atoms with Crippen molar-refractivity contribution < 1.29 is 9.52 Å². The molecule has 4 heterocycles. The Morgan fingerprint density at radius 2 is 1.85 bits per heavy atom. The van der Waals surface area contributed by atoms with Crippen molar-refractivity contribution in [2.24, 2.45) is 0 Å². The normalized spacial score (nSPS) is 11.4. The van der Waals surface area contributed by atoms with Gasteiger partial charge in [0, 0.05) is 23.3 Å². The Morgan fingerprint density at radius 1 is 1.00 bits per heavy atom. The lowest BCUT2D eigenvalue weighted by atomic mass is 10.0. The van der Waals surface area contributed by atoms with Crippen LogP contribution in [0.25, 0.3) is 39.2 Å². The van der Waals surface area contributed by atoms with Crippen LogP contribution in [0.1, 0.15) is 11.5 Å². The third-order valence-electron chi connectivity index (χ3n) is 5.69. The number of rotatable bonds is 4. The van der Waals surface area contributed by atoms with Crippen LogP contribution >= 0.6 is 0 Å². The Labute approximate surface area is 188 Å². The topological polar surface area (TPSA) is 96.9 Å². The molecule has 0 unspecified atom stereocenters. The summed E-state index contributed by atoms with van der Waals surface area (Å²) < 4.78 is 7.01. The van der Waals surface area contributed by atoms with Crippen molar-refractivity contribution in [2.45, 2.75) is 6.42 Å². The number of phenols is 1. The first-order valence-corrected chi connectivity index (χ1v) is 10.5. The maximum Gasteiger partial charge on any atom is 0.278 e. The molecule has 0 spiro atoms. The molecule has 4 aromatic rings. The summed E-state index contributed by atoms with van der Waals surface area (Å²) in [6.45, 7) is 0. The largest absolute Gasteiger partial charge is 0.508 e. The van der Waals surface area contributed by atoms with Gasteiger partial charge in [-0.1, -0.05) is 18.2 Å². The highest BCUT2D eigenvalue weighted by molar-refractivity contribution is 5.95. The zero-order chi connectivity index (χ0) is 22.4. The lowest BCUT2D eigenvalue weighted by Gasteiger charge is -2.14. The lowest BCUT2D eigenvalue weighted by Crippen LogP contribution is -2.16. The van der Waals surface area contributed by atoms with Crippen LogP contribution in [0.15, 0.2) is 94.6 Å². The highest BCUT2D eigenvalue weighted by Gasteiger charge is 2.22. The number of H-pyrrole nitrogens is 1. The molecule has 2 aromatic carbocycles. The summed E-state index contributed by atoms with van der Waals surface area (Å²) in [4.78, 5) is 26.0. The van der Waals surface area contributed by atoms with Crippen LogP contribution in [0.4, 0.5) is 0 Å². The van der Waals surface area contributed by atoms with Crippen LogP contribution in [-0.2, 0) is 6.42 Å². The Hall–Kier alpha value is -4.65. The molecule has 2 aromatic heterocycles. The van der Waals surface area contributed by atoms with Crippen LogP contribution < -0.4 is 5.56 Å². The van der Waals surface area contributed by atoms with E-state index >= 15 is 0 Å². The summed E-state index contributed by atoms with van der Waals surface area (Å²) >= 11 is 0. The second-order valence-electron chi connectivity index (χ2n) is 7.78. The number of para-hydroxylation sites is 1. The molecule has 6 rings (SSSR count). The van der Waals surface area contributed by atoms with Crippen molar-refractivity contribution in [1.82, 2.24) is 19.5 Å². The van der Waals surface area contributed by atoms with Gasteiger partial charge < -0.3 is 14.5 Å². The molecule has 0 fully saturated rings. The van der Waals surface area contributed by atoms with Gasteiger partial charge in [0.1, 0.15) is 17.2 Å². The number of hydrogen-bond acceptors (Lipinski definition) is 5. The highest BCUT2D eigenvalue weighted by atomic mass is 16.3. The van der Waals surface area contributed by atoms with Crippen molar-refractivity contribution in [1.29, 1.82) is 0 Å². The summed E-state index contributed by atoms with van der Waals surface area (Å²) in [6, 6.07) is 20.2. The van der Waals surface area contributed by atoms with E-state index in [0.717, 1.165) is 27.7 Å². The van der Waals surface area contributed by atoms with E-state index in [0.29, 0.717) is 29.4 Å². The number of aromatic nitrogens is 4. The summed E-state index contributed by atoms with van der Waals surface area (Å²) in [5.74, 6) is 1.38. The van der Waals surface area contributed by atoms with E-state index in [9.17, 15) is 9.90 Å². The number of fused-ring (bicyclic) bond motifs is 2. The monoisotopic (exact) mass is 434 g/mol. The van der Waals surface area contributed by atoms with E-state index < -0.39 is 0 Å². The maximum absolute atomic E-state index is 13.3. The quantitative estimate of drug-likeness (QED) is 0.417. The van der Waals surface area contributed by atoms with E-state index in [1.54, 1.807) is 53.6 Å². The number of pyridine rings is 1. The first kappa shape index (κ1) is 19.1. The summed E-state index contributed by atoms with van der Waals surface area (Å²) in [5.41, 5.74) is 4.20. The van der Waals surface area contributed by atoms with Gasteiger partial charge in [-0.05, 0) is 54.1 Å². The number of phenolic OH excluding ortho intramolecular Hbond substituents is 1. The van der Waals surface area contributed by atoms with Gasteiger partial charge in [-0.2, -0.15) is 0 Å². The Morgan fingerprint density at radius 3 is 2.67 bits per heavy atom. The minimum absolute atomic E-state index is 0.174. The maximum atomic E-state index is 13.3. The SMILES string of the molecule is O=c1c(Cc2ccco2)nc2c(-c3ccnc4ccccc34)[nH]c(-c3ccc(O)cc3)cn1-2. The van der Waals surface area contributed by atoms with Gasteiger partial charge in [0.2, 0.25) is 0 Å². The van der Waals surface area contributed by atoms with Crippen molar-refractivity contribution in [3.8, 4) is 34.1 Å². The lowest BCUT2D eigenvalue weighted by molar-refractivity contribution is 0.475. The summed E-state index contributed by atoms with van der Waals surface area (Å²) in [5, 5.41) is 10.7. The smallest absolute Gasteiger partial charge is 0.278 e. The third-order valence-corrected chi connectivity index (χ3v) is 5.69. The van der Waals surface area contributed by atoms with E-state index in [4.69, 9.17) is 9.40 Å². The minimum atomic E-state index is -0.199. The molecule has 0 saturated heterocycles. The standard InChI is InChI=1S/C26H18N4O3/c31-17-9-7-16(8-10-17)23-15-30-25(29-22(26(30)32)14-18-4-3-13-33-18)24(28-23)20-11-12-27-21-6-2-1-5-19(20)21/h1-13,15,28,31H,14H2. The fourth-order valence-corrected chi connectivity index (χ4v) is 4.10. The second-order valence-corrected chi connectivity index (χ2v) is 7.78. The second kappa shape index (κ2) is 7.49. The van der Waals surface area contributed by atoms with Gasteiger partial charge in [0.15, 0.2) is 5.82 Å². The molecule has 33 heavy (non-hydrogen) atoms. The molecular weight excluding hydrogens is 416 g/mol. The Balaban J connectivity index is 1.63. The Kier molecular flexibility index (Phi) is 4.33. The molecule has 0 amide bonds. The average molecular weight is 434 g/mol. The van der Waals surface area contributed by atoms with Gasteiger partial charge in [0.25, 0.3) is 5.56 Å². The van der Waals surface area contributed by atoms with Crippen molar-refractivity contribution in [2.75, 3.05) is 0 Å². The van der Waals surface area contributed by atoms with Gasteiger partial charge >= 0.3 is 0 Å². The van der Waals surface area contributed by atoms with E-state index in [1.165, 1.54) is 0 Å². The number of nitrogens with zero attached hydrogens (tertiary/aromatic N) is 3. The molecule has 7 nitrogen and oxygen atoms in total. The van der Waals surface area contributed by atoms with Crippen LogP contribution in [-0.4, -0.2) is 24.6 Å². The first-order chi connectivity index (χ1) is 16.2. The molecule has 0 saturated carbocycles. The molecular formula is C26H18N4O3. The van der Waals surface area contributed by atoms with Crippen LogP contribution in [0.5, 0.6) is 5.75 Å². The number of aromatic hydroxyl groups is 1. The number of hydrogen-bond donors (Lipinski definition) is 2. The number of nitrogens with one attached hydrogen (secondary N) is 1. The number of aromatic amines is 1. The number of furan rings is 1. The van der Waals surface area contributed by atoms with Gasteiger partial charge in [-0.3, -0.25) is 14.3 Å². The zero-order valence-corrected chi connectivity index (χ0v) is 17.4. The fourth-order valence-electron chi connectivity index (χ4n) is 4.10. The highest BCUT2D eigenvalue weighted by Crippen LogP contribution is 2.33. The summed E-state index contributed by atoms with van der Waals surface area (Å²) in [7, 11) is 0. The molecule has 7 heteroatoms. The van der Waals surface area contributed by atoms with Crippen LogP contribution in [0.2, 0.25) is 0 Å². The predicted octanol–water partition coefficient (Wildman–Crippen LogP) is 4.77. The molecule has 0 atom stereocenters. The molecule has 2 aliphatic rings. The fraction of sp³-hybridized carbons (Fsp3) is 0.0385. The van der Waals surface area contributed by atoms with Crippen LogP contribution in [0.3, 0.4) is 0 Å². The van der Waals surface area contributed by atoms with Crippen LogP contribution in [0, 0.1) is 0 Å². The first-order valence-electron chi connectivity index (χ1n) is 10.5. The third kappa shape index (κ3) is 3.27. The zero-order valence-electron chi connectivity index (χ0n) is 17.4. The number of imidazole rings is 1. The number of benzene rings is 2. The Bertz CT molecular complexity index is 1610. The average Bonchev–Trinajstić information content (AvgIpc) is 3.47. The van der Waals surface area contributed by atoms with E-state index in [-0.39, 0.29) is 11.3 Å². The van der Waals surface area contributed by atoms with Gasteiger partial charge in [-0.15, -0.1) is 0 Å². The van der Waals surface area contributed by atoms with E-state index in [2.05, 4.69) is 9.97 Å². The minimum Gasteiger partial charge on any atom is -0.508 e. The molecule has 160 valence electrons.